The molecular formula is C29H35N3O3. The molecule has 0 aliphatic rings. The zero-order chi connectivity index (χ0) is 25.5. The maximum absolute atomic E-state index is 13.8. The summed E-state index contributed by atoms with van der Waals surface area (Å²) < 4.78 is 5.26. The fraction of sp³-hybridized carbons (Fsp3) is 0.310. The molecule has 0 aromatic heterocycles. The van der Waals surface area contributed by atoms with E-state index in [0.29, 0.717) is 23.5 Å². The van der Waals surface area contributed by atoms with Crippen molar-refractivity contribution < 1.29 is 14.3 Å². The van der Waals surface area contributed by atoms with Gasteiger partial charge in [-0.2, -0.15) is 0 Å². The van der Waals surface area contributed by atoms with Crippen LogP contribution in [0.2, 0.25) is 0 Å². The lowest BCUT2D eigenvalue weighted by molar-refractivity contribution is -0.118. The summed E-state index contributed by atoms with van der Waals surface area (Å²) in [6.45, 7) is 6.14. The second kappa shape index (κ2) is 11.6. The van der Waals surface area contributed by atoms with Crippen molar-refractivity contribution in [1.29, 1.82) is 0 Å². The van der Waals surface area contributed by atoms with Crippen molar-refractivity contribution in [1.82, 2.24) is 4.90 Å². The molecule has 0 spiro atoms. The molecule has 0 saturated carbocycles. The van der Waals surface area contributed by atoms with Gasteiger partial charge in [-0.15, -0.1) is 0 Å². The Hall–Kier alpha value is -3.80. The Labute approximate surface area is 208 Å². The Morgan fingerprint density at radius 3 is 2.14 bits per heavy atom. The lowest BCUT2D eigenvalue weighted by atomic mass is 10.0. The molecule has 0 bridgehead atoms. The van der Waals surface area contributed by atoms with E-state index >= 15 is 0 Å². The van der Waals surface area contributed by atoms with Gasteiger partial charge in [0.15, 0.2) is 0 Å². The van der Waals surface area contributed by atoms with Gasteiger partial charge in [-0.05, 0) is 60.5 Å². The largest absolute Gasteiger partial charge is 0.497 e. The number of rotatable bonds is 9. The first-order chi connectivity index (χ1) is 16.7. The minimum atomic E-state index is -0.172. The molecule has 0 saturated heterocycles. The van der Waals surface area contributed by atoms with Crippen molar-refractivity contribution in [2.75, 3.05) is 31.4 Å². The van der Waals surface area contributed by atoms with Gasteiger partial charge in [0, 0.05) is 43.5 Å². The Kier molecular flexibility index (Phi) is 8.53. The average Bonchev–Trinajstić information content (AvgIpc) is 2.87. The van der Waals surface area contributed by atoms with Crippen molar-refractivity contribution >= 4 is 23.2 Å². The van der Waals surface area contributed by atoms with Crippen LogP contribution in [-0.4, -0.2) is 37.9 Å². The van der Waals surface area contributed by atoms with Crippen LogP contribution in [0.25, 0.3) is 0 Å². The third kappa shape index (κ3) is 6.41. The first-order valence-corrected chi connectivity index (χ1v) is 11.8. The van der Waals surface area contributed by atoms with Crippen molar-refractivity contribution in [3.05, 3.63) is 89.5 Å². The molecule has 0 aliphatic heterocycles. The first kappa shape index (κ1) is 25.8. The molecule has 2 amide bonds. The van der Waals surface area contributed by atoms with Crippen LogP contribution in [0, 0.1) is 5.92 Å². The van der Waals surface area contributed by atoms with E-state index in [1.165, 1.54) is 0 Å². The third-order valence-electron chi connectivity index (χ3n) is 6.04. The Morgan fingerprint density at radius 1 is 0.914 bits per heavy atom. The Bertz CT molecular complexity index is 1140. The van der Waals surface area contributed by atoms with E-state index in [-0.39, 0.29) is 23.8 Å². The summed E-state index contributed by atoms with van der Waals surface area (Å²) in [5, 5.41) is 2.98. The number of methoxy groups -OCH3 is 1. The fourth-order valence-corrected chi connectivity index (χ4v) is 3.89. The van der Waals surface area contributed by atoms with Crippen LogP contribution in [0.1, 0.15) is 48.3 Å². The van der Waals surface area contributed by atoms with Crippen molar-refractivity contribution in [3.63, 3.8) is 0 Å². The molecule has 1 atom stereocenters. The molecule has 6 nitrogen and oxygen atoms in total. The van der Waals surface area contributed by atoms with Gasteiger partial charge >= 0.3 is 0 Å². The molecule has 0 fully saturated rings. The number of nitrogens with one attached hydrogen (secondary N) is 1. The second-order valence-corrected chi connectivity index (χ2v) is 9.13. The van der Waals surface area contributed by atoms with E-state index in [2.05, 4.69) is 5.32 Å². The van der Waals surface area contributed by atoms with Crippen LogP contribution < -0.4 is 15.0 Å². The SMILES string of the molecule is COc1ccc(C(=O)N(Cc2cc(NC(=O)C(C)C)ccc2N(C)C)[C@@H](C)c2ccccc2)cc1. The van der Waals surface area contributed by atoms with E-state index in [4.69, 9.17) is 4.74 Å². The highest BCUT2D eigenvalue weighted by atomic mass is 16.5. The smallest absolute Gasteiger partial charge is 0.254 e. The summed E-state index contributed by atoms with van der Waals surface area (Å²) in [6.07, 6.45) is 0. The van der Waals surface area contributed by atoms with Crippen LogP contribution in [0.15, 0.2) is 72.8 Å². The van der Waals surface area contributed by atoms with Crippen molar-refractivity contribution in [3.8, 4) is 5.75 Å². The van der Waals surface area contributed by atoms with Gasteiger partial charge < -0.3 is 19.9 Å². The molecule has 6 heteroatoms. The number of hydrogen-bond donors (Lipinski definition) is 1. The fourth-order valence-electron chi connectivity index (χ4n) is 3.89. The highest BCUT2D eigenvalue weighted by Crippen LogP contribution is 2.30. The highest BCUT2D eigenvalue weighted by molar-refractivity contribution is 5.95. The minimum Gasteiger partial charge on any atom is -0.497 e. The molecule has 35 heavy (non-hydrogen) atoms. The minimum absolute atomic E-state index is 0.0441. The topological polar surface area (TPSA) is 61.9 Å². The predicted octanol–water partition coefficient (Wildman–Crippen LogP) is 5.76. The van der Waals surface area contributed by atoms with Gasteiger partial charge in [-0.3, -0.25) is 9.59 Å². The maximum Gasteiger partial charge on any atom is 0.254 e. The van der Waals surface area contributed by atoms with Crippen molar-refractivity contribution in [2.24, 2.45) is 5.92 Å². The van der Waals surface area contributed by atoms with Gasteiger partial charge in [0.1, 0.15) is 5.75 Å². The molecule has 3 rings (SSSR count). The molecule has 0 radical (unpaired) electrons. The summed E-state index contributed by atoms with van der Waals surface area (Å²) in [7, 11) is 5.55. The second-order valence-electron chi connectivity index (χ2n) is 9.13. The molecule has 0 unspecified atom stereocenters. The van der Waals surface area contributed by atoms with E-state index in [9.17, 15) is 9.59 Å². The third-order valence-corrected chi connectivity index (χ3v) is 6.04. The van der Waals surface area contributed by atoms with Gasteiger partial charge in [0.05, 0.1) is 13.2 Å². The van der Waals surface area contributed by atoms with Crippen molar-refractivity contribution in [2.45, 2.75) is 33.4 Å². The van der Waals surface area contributed by atoms with Crippen LogP contribution in [0.5, 0.6) is 5.75 Å². The van der Waals surface area contributed by atoms with Crippen LogP contribution in [0.3, 0.4) is 0 Å². The zero-order valence-electron chi connectivity index (χ0n) is 21.4. The monoisotopic (exact) mass is 473 g/mol. The number of ether oxygens (including phenoxy) is 1. The zero-order valence-corrected chi connectivity index (χ0v) is 21.4. The van der Waals surface area contributed by atoms with E-state index in [1.54, 1.807) is 31.4 Å². The summed E-state index contributed by atoms with van der Waals surface area (Å²) >= 11 is 0. The molecule has 0 heterocycles. The summed E-state index contributed by atoms with van der Waals surface area (Å²) in [6, 6.07) is 22.8. The number of carbonyl (C=O) groups excluding carboxylic acids is 2. The standard InChI is InChI=1S/C29H35N3O3/c1-20(2)28(33)30-25-14-17-27(31(4)5)24(18-25)19-32(21(3)22-10-8-7-9-11-22)29(34)23-12-15-26(35-6)16-13-23/h7-18,20-21H,19H2,1-6H3,(H,30,33)/t21-/m0/s1. The quantitative estimate of drug-likeness (QED) is 0.429. The number of hydrogen-bond acceptors (Lipinski definition) is 4. The number of benzene rings is 3. The summed E-state index contributed by atoms with van der Waals surface area (Å²) in [4.78, 5) is 30.0. The van der Waals surface area contributed by atoms with Gasteiger partial charge in [-0.1, -0.05) is 44.2 Å². The lowest BCUT2D eigenvalue weighted by Gasteiger charge is -2.32. The average molecular weight is 474 g/mol. The first-order valence-electron chi connectivity index (χ1n) is 11.8. The molecule has 3 aromatic rings. The summed E-state index contributed by atoms with van der Waals surface area (Å²) in [5.74, 6) is 0.452. The Morgan fingerprint density at radius 2 is 1.57 bits per heavy atom. The van der Waals surface area contributed by atoms with Crippen LogP contribution in [0.4, 0.5) is 11.4 Å². The molecule has 0 aliphatic carbocycles. The number of carbonyl (C=O) groups is 2. The molecular weight excluding hydrogens is 438 g/mol. The van der Waals surface area contributed by atoms with E-state index in [1.807, 2.05) is 93.2 Å². The van der Waals surface area contributed by atoms with E-state index < -0.39 is 0 Å². The van der Waals surface area contributed by atoms with E-state index in [0.717, 1.165) is 16.8 Å². The predicted molar refractivity (Wildman–Crippen MR) is 142 cm³/mol. The van der Waals surface area contributed by atoms with Crippen LogP contribution in [-0.2, 0) is 11.3 Å². The molecule has 184 valence electrons. The lowest BCUT2D eigenvalue weighted by Crippen LogP contribution is -2.33. The normalized spacial score (nSPS) is 11.6. The van der Waals surface area contributed by atoms with Gasteiger partial charge in [0.25, 0.3) is 5.91 Å². The summed E-state index contributed by atoms with van der Waals surface area (Å²) in [5.41, 5.74) is 4.28. The number of anilines is 2. The molecule has 1 N–H and O–H groups in total. The molecule has 3 aromatic carbocycles. The number of nitrogens with zero attached hydrogens (tertiary/aromatic N) is 2. The van der Waals surface area contributed by atoms with Gasteiger partial charge in [0.2, 0.25) is 5.91 Å². The van der Waals surface area contributed by atoms with Gasteiger partial charge in [-0.25, -0.2) is 0 Å². The Balaban J connectivity index is 2.02. The van der Waals surface area contributed by atoms with Crippen LogP contribution >= 0.6 is 0 Å². The highest BCUT2D eigenvalue weighted by Gasteiger charge is 2.25. The maximum atomic E-state index is 13.8. The number of amides is 2.